The molecule has 2 N–H and O–H groups in total. The Morgan fingerprint density at radius 2 is 1.81 bits per heavy atom. The van der Waals surface area contributed by atoms with Gasteiger partial charge in [0.15, 0.2) is 0 Å². The highest BCUT2D eigenvalue weighted by Gasteiger charge is 2.74. The van der Waals surface area contributed by atoms with E-state index >= 15 is 4.79 Å². The highest BCUT2D eigenvalue weighted by Crippen LogP contribution is 2.56. The van der Waals surface area contributed by atoms with Crippen molar-refractivity contribution in [2.24, 2.45) is 17.8 Å². The van der Waals surface area contributed by atoms with Gasteiger partial charge < -0.3 is 29.7 Å². The van der Waals surface area contributed by atoms with E-state index in [4.69, 9.17) is 9.47 Å². The maximum absolute atomic E-state index is 15.2. The fourth-order valence-corrected chi connectivity index (χ4v) is 7.75. The number of benzene rings is 2. The number of hydrogen-bond donors (Lipinski definition) is 2. The Morgan fingerprint density at radius 1 is 1.04 bits per heavy atom. The summed E-state index contributed by atoms with van der Waals surface area (Å²) < 4.78 is 12.3. The molecule has 254 valence electrons. The lowest BCUT2D eigenvalue weighted by Crippen LogP contribution is -2.59. The molecule has 8 atom stereocenters. The fraction of sp³-hybridized carbons (Fsp3) is 0.474. The molecule has 0 saturated carbocycles. The summed E-state index contributed by atoms with van der Waals surface area (Å²) in [5.41, 5.74) is 1.86. The number of aliphatic hydroxyl groups excluding tert-OH is 1. The molecule has 2 aromatic carbocycles. The number of esters is 1. The van der Waals surface area contributed by atoms with Crippen molar-refractivity contribution in [2.75, 3.05) is 24.7 Å². The van der Waals surface area contributed by atoms with Gasteiger partial charge in [-0.05, 0) is 48.9 Å². The van der Waals surface area contributed by atoms with Crippen LogP contribution in [0.3, 0.4) is 0 Å². The van der Waals surface area contributed by atoms with Crippen molar-refractivity contribution in [3.63, 3.8) is 0 Å². The number of aliphatic hydroxyl groups is 1. The lowest BCUT2D eigenvalue weighted by atomic mass is 9.74. The minimum atomic E-state index is -1.41. The third-order valence-electron chi connectivity index (χ3n) is 10.5. The van der Waals surface area contributed by atoms with E-state index in [0.717, 1.165) is 16.7 Å². The number of cyclic esters (lactones) is 1. The van der Waals surface area contributed by atoms with Crippen LogP contribution in [0.1, 0.15) is 55.8 Å². The molecule has 10 heteroatoms. The first kappa shape index (κ1) is 33.6. The summed E-state index contributed by atoms with van der Waals surface area (Å²) in [5.74, 6) is -3.65. The van der Waals surface area contributed by atoms with E-state index in [0.29, 0.717) is 18.5 Å². The van der Waals surface area contributed by atoms with Crippen molar-refractivity contribution in [2.45, 2.75) is 76.8 Å². The van der Waals surface area contributed by atoms with Crippen molar-refractivity contribution in [3.8, 4) is 0 Å². The molecule has 3 amide bonds. The van der Waals surface area contributed by atoms with E-state index in [9.17, 15) is 19.5 Å². The van der Waals surface area contributed by atoms with E-state index in [1.807, 2.05) is 88.4 Å². The minimum Gasteiger partial charge on any atom is -0.463 e. The van der Waals surface area contributed by atoms with Crippen LogP contribution in [-0.2, 0) is 28.7 Å². The van der Waals surface area contributed by atoms with Crippen LogP contribution >= 0.6 is 0 Å². The largest absolute Gasteiger partial charge is 0.463 e. The number of likely N-dealkylation sites (tertiary alicyclic amines) is 1. The van der Waals surface area contributed by atoms with Crippen LogP contribution in [0.15, 0.2) is 72.8 Å². The molecule has 2 aromatic rings. The molecular weight excluding hydrogens is 610 g/mol. The Morgan fingerprint density at radius 3 is 2.54 bits per heavy atom. The molecule has 4 aliphatic rings. The summed E-state index contributed by atoms with van der Waals surface area (Å²) in [6.45, 7) is 7.57. The van der Waals surface area contributed by atoms with Gasteiger partial charge in [-0.15, -0.1) is 0 Å². The smallest absolute Gasteiger partial charge is 0.306 e. The molecule has 10 nitrogen and oxygen atoms in total. The first-order valence-electron chi connectivity index (χ1n) is 17.0. The molecule has 5 bridgehead atoms. The number of fused-ring (bicyclic) bond motifs is 2. The molecule has 4 heterocycles. The Kier molecular flexibility index (Phi) is 9.58. The number of rotatable bonds is 6. The van der Waals surface area contributed by atoms with Gasteiger partial charge >= 0.3 is 5.97 Å². The summed E-state index contributed by atoms with van der Waals surface area (Å²) in [6, 6.07) is 12.7. The zero-order valence-corrected chi connectivity index (χ0v) is 28.0. The summed E-state index contributed by atoms with van der Waals surface area (Å²) in [7, 11) is 0. The van der Waals surface area contributed by atoms with Gasteiger partial charge in [0.05, 0.1) is 36.6 Å². The summed E-state index contributed by atoms with van der Waals surface area (Å²) in [5, 5.41) is 13.8. The number of nitrogens with zero attached hydrogens (tertiary/aromatic N) is 2. The predicted molar refractivity (Wildman–Crippen MR) is 180 cm³/mol. The van der Waals surface area contributed by atoms with Gasteiger partial charge in [0.2, 0.25) is 11.8 Å². The zero-order valence-electron chi connectivity index (χ0n) is 28.0. The molecule has 4 aliphatic heterocycles. The van der Waals surface area contributed by atoms with Gasteiger partial charge in [-0.1, -0.05) is 87.0 Å². The van der Waals surface area contributed by atoms with Crippen molar-refractivity contribution in [3.05, 3.63) is 89.5 Å². The van der Waals surface area contributed by atoms with Gasteiger partial charge in [0.25, 0.3) is 5.91 Å². The van der Waals surface area contributed by atoms with Gasteiger partial charge in [0, 0.05) is 18.7 Å². The highest BCUT2D eigenvalue weighted by molar-refractivity contribution is 6.06. The third-order valence-corrected chi connectivity index (χ3v) is 10.5. The summed E-state index contributed by atoms with van der Waals surface area (Å²) >= 11 is 0. The molecule has 0 unspecified atom stereocenters. The second-order valence-electron chi connectivity index (χ2n) is 13.5. The van der Waals surface area contributed by atoms with E-state index < -0.39 is 53.5 Å². The number of allylic oxidation sites excluding steroid dienone is 1. The number of carbonyl (C=O) groups is 4. The van der Waals surface area contributed by atoms with Crippen molar-refractivity contribution in [1.29, 1.82) is 0 Å². The van der Waals surface area contributed by atoms with Gasteiger partial charge in [-0.3, -0.25) is 19.2 Å². The molecule has 2 fully saturated rings. The van der Waals surface area contributed by atoms with E-state index in [2.05, 4.69) is 5.32 Å². The topological polar surface area (TPSA) is 125 Å². The number of hydrogen-bond acceptors (Lipinski definition) is 7. The second-order valence-corrected chi connectivity index (χ2v) is 13.5. The second kappa shape index (κ2) is 13.7. The number of aryl methyl sites for hydroxylation is 2. The molecule has 2 saturated heterocycles. The van der Waals surface area contributed by atoms with Crippen molar-refractivity contribution < 1.29 is 33.8 Å². The molecule has 0 radical (unpaired) electrons. The molecule has 0 aliphatic carbocycles. The highest BCUT2D eigenvalue weighted by atomic mass is 16.5. The van der Waals surface area contributed by atoms with Crippen LogP contribution in [0.4, 0.5) is 5.69 Å². The maximum Gasteiger partial charge on any atom is 0.306 e. The molecular formula is C38H45N3O7. The Bertz CT molecular complexity index is 1620. The summed E-state index contributed by atoms with van der Waals surface area (Å²) in [4.78, 5) is 60.2. The lowest BCUT2D eigenvalue weighted by Gasteiger charge is -2.40. The van der Waals surface area contributed by atoms with Gasteiger partial charge in [-0.2, -0.15) is 0 Å². The maximum atomic E-state index is 15.2. The molecule has 6 rings (SSSR count). The normalized spacial score (nSPS) is 31.0. The fourth-order valence-electron chi connectivity index (χ4n) is 7.75. The predicted octanol–water partition coefficient (Wildman–Crippen LogP) is 3.94. The quantitative estimate of drug-likeness (QED) is 0.357. The van der Waals surface area contributed by atoms with E-state index in [1.165, 1.54) is 4.90 Å². The summed E-state index contributed by atoms with van der Waals surface area (Å²) in [6.07, 6.45) is 7.73. The number of nitrogens with one attached hydrogen (secondary N) is 1. The van der Waals surface area contributed by atoms with Crippen LogP contribution in [-0.4, -0.2) is 77.2 Å². The molecule has 1 spiro atoms. The van der Waals surface area contributed by atoms with Crippen molar-refractivity contribution >= 4 is 29.4 Å². The van der Waals surface area contributed by atoms with Gasteiger partial charge in [0.1, 0.15) is 18.2 Å². The van der Waals surface area contributed by atoms with Crippen LogP contribution in [0.5, 0.6) is 0 Å². The van der Waals surface area contributed by atoms with E-state index in [-0.39, 0.29) is 43.9 Å². The monoisotopic (exact) mass is 655 g/mol. The first-order chi connectivity index (χ1) is 23.1. The Labute approximate surface area is 281 Å². The average Bonchev–Trinajstić information content (AvgIpc) is 3.73. The Hall–Kier alpha value is -4.28. The number of ether oxygens (including phenoxy) is 2. The zero-order chi connectivity index (χ0) is 34.2. The van der Waals surface area contributed by atoms with Crippen LogP contribution in [0.25, 0.3) is 0 Å². The SMILES string of the molecule is CC[C@H](C)[C@H](CO)N1C(=O)[C@@H]2[C@H]3C(=O)N[C@@H](c4ccccc4)COC(=O)CC/C=C\CN(c4cc(C)ccc4C)C(=O)[C@@H]1[C@]21C=C[C@H]3O1. The number of carbonyl (C=O) groups excluding carboxylic acids is 4. The van der Waals surface area contributed by atoms with Crippen molar-refractivity contribution in [1.82, 2.24) is 10.2 Å². The lowest BCUT2D eigenvalue weighted by molar-refractivity contribution is -0.147. The minimum absolute atomic E-state index is 0.0790. The van der Waals surface area contributed by atoms with Crippen LogP contribution < -0.4 is 10.2 Å². The number of amides is 3. The first-order valence-corrected chi connectivity index (χ1v) is 17.0. The van der Waals surface area contributed by atoms with E-state index in [1.54, 1.807) is 17.1 Å². The van der Waals surface area contributed by atoms with Gasteiger partial charge in [-0.25, -0.2) is 0 Å². The molecule has 48 heavy (non-hydrogen) atoms. The van der Waals surface area contributed by atoms with Crippen LogP contribution in [0.2, 0.25) is 0 Å². The standard InChI is InChI=1S/C38H45N3O7/c1-5-24(3)29(21-42)41-34-37(46)40(28-20-23(2)15-16-25(28)4)19-11-7-10-14-31(43)47-22-27(26-12-8-6-9-13-26)39-35(44)32-30-17-18-38(34,48-30)33(32)36(41)45/h6-9,11-13,15-18,20,24,27,29-30,32-34,42H,5,10,14,19,21-22H2,1-4H3,(H,39,44)/b11-7-/t24-,27+,29-,30+,32-,33-,34+,38-/m0/s1. The number of anilines is 1. The van der Waals surface area contributed by atoms with Crippen LogP contribution in [0, 0.1) is 31.6 Å². The molecule has 0 aromatic heterocycles. The third kappa shape index (κ3) is 5.85. The average molecular weight is 656 g/mol. The Balaban J connectivity index is 1.49.